The minimum Gasteiger partial charge on any atom is -0.361 e. The van der Waals surface area contributed by atoms with Gasteiger partial charge in [-0.3, -0.25) is 4.79 Å². The van der Waals surface area contributed by atoms with E-state index in [1.165, 1.54) is 17.3 Å². The molecule has 0 saturated heterocycles. The molecule has 6 heteroatoms. The Balaban J connectivity index is 1.44. The van der Waals surface area contributed by atoms with Crippen molar-refractivity contribution < 1.29 is 4.79 Å². The average Bonchev–Trinajstić information content (AvgIpc) is 3.13. The highest BCUT2D eigenvalue weighted by Gasteiger charge is 2.19. The first-order valence-electron chi connectivity index (χ1n) is 9.05. The van der Waals surface area contributed by atoms with Gasteiger partial charge in [-0.2, -0.15) is 5.26 Å². The minimum atomic E-state index is -0.108. The molecule has 0 bridgehead atoms. The zero-order valence-electron chi connectivity index (χ0n) is 15.1. The van der Waals surface area contributed by atoms with Gasteiger partial charge >= 0.3 is 0 Å². The van der Waals surface area contributed by atoms with Gasteiger partial charge in [-0.15, -0.1) is 0 Å². The number of carbonyl (C=O) groups excluding carboxylic acids is 1. The van der Waals surface area contributed by atoms with Crippen molar-refractivity contribution >= 4 is 34.3 Å². The first-order valence-corrected chi connectivity index (χ1v) is 10.0. The van der Waals surface area contributed by atoms with Gasteiger partial charge in [0.25, 0.3) is 0 Å². The highest BCUT2D eigenvalue weighted by molar-refractivity contribution is 8.00. The van der Waals surface area contributed by atoms with Crippen molar-refractivity contribution in [3.05, 3.63) is 53.3 Å². The largest absolute Gasteiger partial charge is 0.361 e. The second kappa shape index (κ2) is 7.45. The van der Waals surface area contributed by atoms with Crippen LogP contribution in [0.4, 0.5) is 5.69 Å². The summed E-state index contributed by atoms with van der Waals surface area (Å²) < 4.78 is 0. The number of nitrogens with one attached hydrogen (secondary N) is 2. The molecule has 1 aliphatic rings. The Bertz CT molecular complexity index is 1050. The Morgan fingerprint density at radius 1 is 1.41 bits per heavy atom. The third-order valence-corrected chi connectivity index (χ3v) is 5.89. The third kappa shape index (κ3) is 3.83. The maximum absolute atomic E-state index is 12.3. The van der Waals surface area contributed by atoms with Crippen molar-refractivity contribution in [2.75, 3.05) is 11.1 Å². The molecule has 1 unspecified atom stereocenters. The number of aromatic amines is 1. The van der Waals surface area contributed by atoms with E-state index in [-0.39, 0.29) is 11.7 Å². The molecule has 27 heavy (non-hydrogen) atoms. The van der Waals surface area contributed by atoms with E-state index in [1.807, 2.05) is 36.5 Å². The number of hydrogen-bond donors (Lipinski definition) is 2. The summed E-state index contributed by atoms with van der Waals surface area (Å²) in [7, 11) is 0. The number of benzene rings is 1. The van der Waals surface area contributed by atoms with Gasteiger partial charge in [0, 0.05) is 23.1 Å². The van der Waals surface area contributed by atoms with Crippen molar-refractivity contribution in [2.45, 2.75) is 31.2 Å². The standard InChI is InChI=1S/C21H20N4OS/c1-13-2-5-18-15(8-13)9-16(11-22)21(25-18)27-12-20(26)24-17-4-3-14-6-7-23-19(14)10-17/h3-4,6-7,9-10,13,23H,2,5,8,12H2,1H3,(H,24,26). The zero-order valence-corrected chi connectivity index (χ0v) is 15.9. The number of thioether (sulfide) groups is 1. The number of pyridine rings is 1. The molecule has 136 valence electrons. The van der Waals surface area contributed by atoms with Gasteiger partial charge in [-0.05, 0) is 60.4 Å². The molecule has 0 radical (unpaired) electrons. The van der Waals surface area contributed by atoms with Crippen LogP contribution in [0.2, 0.25) is 0 Å². The predicted molar refractivity (Wildman–Crippen MR) is 108 cm³/mol. The summed E-state index contributed by atoms with van der Waals surface area (Å²) >= 11 is 1.32. The molecule has 0 fully saturated rings. The summed E-state index contributed by atoms with van der Waals surface area (Å²) in [6.45, 7) is 2.23. The third-order valence-electron chi connectivity index (χ3n) is 4.90. The number of amides is 1. The van der Waals surface area contributed by atoms with Crippen molar-refractivity contribution in [3.63, 3.8) is 0 Å². The van der Waals surface area contributed by atoms with E-state index in [1.54, 1.807) is 0 Å². The van der Waals surface area contributed by atoms with Crippen LogP contribution in [0.15, 0.2) is 41.6 Å². The van der Waals surface area contributed by atoms with Gasteiger partial charge in [0.2, 0.25) is 5.91 Å². The number of carbonyl (C=O) groups is 1. The van der Waals surface area contributed by atoms with Crippen molar-refractivity contribution in [2.24, 2.45) is 5.92 Å². The van der Waals surface area contributed by atoms with Crippen LogP contribution < -0.4 is 5.32 Å². The average molecular weight is 376 g/mol. The molecule has 2 aromatic heterocycles. The number of hydrogen-bond acceptors (Lipinski definition) is 4. The molecule has 0 spiro atoms. The summed E-state index contributed by atoms with van der Waals surface area (Å²) in [5, 5.41) is 14.1. The summed E-state index contributed by atoms with van der Waals surface area (Å²) in [6, 6.07) is 11.9. The summed E-state index contributed by atoms with van der Waals surface area (Å²) in [4.78, 5) is 20.2. The van der Waals surface area contributed by atoms with E-state index >= 15 is 0 Å². The Morgan fingerprint density at radius 2 is 2.30 bits per heavy atom. The zero-order chi connectivity index (χ0) is 18.8. The molecule has 2 N–H and O–H groups in total. The van der Waals surface area contributed by atoms with Crippen LogP contribution >= 0.6 is 11.8 Å². The first-order chi connectivity index (χ1) is 13.1. The SMILES string of the molecule is CC1CCc2nc(SCC(=O)Nc3ccc4cc[nH]c4c3)c(C#N)cc2C1. The lowest BCUT2D eigenvalue weighted by atomic mass is 9.87. The number of fused-ring (bicyclic) bond motifs is 2. The monoisotopic (exact) mass is 376 g/mol. The number of rotatable bonds is 4. The van der Waals surface area contributed by atoms with Crippen molar-refractivity contribution in [1.82, 2.24) is 9.97 Å². The number of nitriles is 1. The second-order valence-corrected chi connectivity index (χ2v) is 7.99. The molecule has 0 saturated carbocycles. The Labute approximate surface area is 162 Å². The van der Waals surface area contributed by atoms with Crippen molar-refractivity contribution in [3.8, 4) is 6.07 Å². The van der Waals surface area contributed by atoms with E-state index in [4.69, 9.17) is 0 Å². The fourth-order valence-corrected chi connectivity index (χ4v) is 4.25. The highest BCUT2D eigenvalue weighted by atomic mass is 32.2. The molecule has 3 aromatic rings. The fraction of sp³-hybridized carbons (Fsp3) is 0.286. The lowest BCUT2D eigenvalue weighted by molar-refractivity contribution is -0.113. The summed E-state index contributed by atoms with van der Waals surface area (Å²) in [5.74, 6) is 0.745. The minimum absolute atomic E-state index is 0.108. The van der Waals surface area contributed by atoms with Crippen LogP contribution in [-0.4, -0.2) is 21.6 Å². The molecular formula is C21H20N4OS. The highest BCUT2D eigenvalue weighted by Crippen LogP contribution is 2.29. The lowest BCUT2D eigenvalue weighted by Crippen LogP contribution is -2.16. The van der Waals surface area contributed by atoms with Gasteiger partial charge in [0.05, 0.1) is 11.3 Å². The van der Waals surface area contributed by atoms with Gasteiger partial charge in [0.1, 0.15) is 11.1 Å². The number of aromatic nitrogens is 2. The molecule has 1 aliphatic carbocycles. The Hall–Kier alpha value is -2.78. The smallest absolute Gasteiger partial charge is 0.234 e. The van der Waals surface area contributed by atoms with Crippen LogP contribution in [0.3, 0.4) is 0 Å². The summed E-state index contributed by atoms with van der Waals surface area (Å²) in [5.41, 5.74) is 4.56. The van der Waals surface area contributed by atoms with Crippen LogP contribution in [0, 0.1) is 17.2 Å². The van der Waals surface area contributed by atoms with Gasteiger partial charge in [-0.1, -0.05) is 24.8 Å². The maximum atomic E-state index is 12.3. The second-order valence-electron chi connectivity index (χ2n) is 7.02. The van der Waals surface area contributed by atoms with Gasteiger partial charge in [0.15, 0.2) is 0 Å². The number of H-pyrrole nitrogens is 1. The lowest BCUT2D eigenvalue weighted by Gasteiger charge is -2.21. The molecule has 0 aliphatic heterocycles. The first kappa shape index (κ1) is 17.6. The molecule has 1 amide bonds. The molecule has 1 aromatic carbocycles. The molecule has 5 nitrogen and oxygen atoms in total. The van der Waals surface area contributed by atoms with E-state index in [9.17, 15) is 10.1 Å². The number of nitrogens with zero attached hydrogens (tertiary/aromatic N) is 2. The van der Waals surface area contributed by atoms with Crippen LogP contribution in [-0.2, 0) is 17.6 Å². The van der Waals surface area contributed by atoms with E-state index in [0.717, 1.165) is 41.5 Å². The predicted octanol–water partition coefficient (Wildman–Crippen LogP) is 4.29. The number of anilines is 1. The van der Waals surface area contributed by atoms with Crippen LogP contribution in [0.5, 0.6) is 0 Å². The van der Waals surface area contributed by atoms with E-state index < -0.39 is 0 Å². The maximum Gasteiger partial charge on any atom is 0.234 e. The fourth-order valence-electron chi connectivity index (χ4n) is 3.47. The van der Waals surface area contributed by atoms with Gasteiger partial charge in [-0.25, -0.2) is 4.98 Å². The quantitative estimate of drug-likeness (QED) is 0.666. The molecule has 2 heterocycles. The Kier molecular flexibility index (Phi) is 4.87. The van der Waals surface area contributed by atoms with Gasteiger partial charge < -0.3 is 10.3 Å². The van der Waals surface area contributed by atoms with Crippen LogP contribution in [0.1, 0.15) is 30.2 Å². The molecule has 1 atom stereocenters. The van der Waals surface area contributed by atoms with E-state index in [2.05, 4.69) is 28.3 Å². The molecule has 4 rings (SSSR count). The topological polar surface area (TPSA) is 81.6 Å². The Morgan fingerprint density at radius 3 is 3.15 bits per heavy atom. The number of aryl methyl sites for hydroxylation is 1. The van der Waals surface area contributed by atoms with E-state index in [0.29, 0.717) is 16.5 Å². The van der Waals surface area contributed by atoms with Crippen molar-refractivity contribution in [1.29, 1.82) is 5.26 Å². The van der Waals surface area contributed by atoms with Crippen LogP contribution in [0.25, 0.3) is 10.9 Å². The summed E-state index contributed by atoms with van der Waals surface area (Å²) in [6.07, 6.45) is 4.91. The normalized spacial score (nSPS) is 15.9. The molecular weight excluding hydrogens is 356 g/mol.